The molecule has 1 aromatic heterocycles. The summed E-state index contributed by atoms with van der Waals surface area (Å²) in [5.41, 5.74) is 0. The van der Waals surface area contributed by atoms with E-state index in [9.17, 15) is 0 Å². The van der Waals surface area contributed by atoms with Crippen molar-refractivity contribution < 1.29 is 0 Å². The summed E-state index contributed by atoms with van der Waals surface area (Å²) < 4.78 is 0. The fourth-order valence-electron chi connectivity index (χ4n) is 2.34. The standard InChI is InChI=1S/C13H22N4/c1-11(2)9-17(10-12-4-3-5-15-12)13-8-14-6-7-16-13/h6-8,11-12,15H,3-5,9-10H2,1-2H3. The molecule has 1 unspecified atom stereocenters. The summed E-state index contributed by atoms with van der Waals surface area (Å²) in [6.45, 7) is 7.71. The second kappa shape index (κ2) is 5.96. The molecule has 0 saturated carbocycles. The molecule has 1 aliphatic rings. The predicted octanol–water partition coefficient (Wildman–Crippen LogP) is 1.69. The van der Waals surface area contributed by atoms with Crippen molar-refractivity contribution in [3.05, 3.63) is 18.6 Å². The molecule has 1 atom stereocenters. The molecule has 0 radical (unpaired) electrons. The first-order valence-corrected chi connectivity index (χ1v) is 6.50. The van der Waals surface area contributed by atoms with Crippen LogP contribution in [0.15, 0.2) is 18.6 Å². The van der Waals surface area contributed by atoms with Crippen LogP contribution in [0.3, 0.4) is 0 Å². The van der Waals surface area contributed by atoms with E-state index in [4.69, 9.17) is 0 Å². The smallest absolute Gasteiger partial charge is 0.147 e. The van der Waals surface area contributed by atoms with E-state index in [1.165, 1.54) is 12.8 Å². The van der Waals surface area contributed by atoms with Crippen molar-refractivity contribution in [2.24, 2.45) is 5.92 Å². The molecule has 2 rings (SSSR count). The molecule has 0 aromatic carbocycles. The second-order valence-corrected chi connectivity index (χ2v) is 5.16. The van der Waals surface area contributed by atoms with E-state index >= 15 is 0 Å². The molecule has 0 aliphatic carbocycles. The van der Waals surface area contributed by atoms with Crippen molar-refractivity contribution in [1.29, 1.82) is 0 Å². The molecule has 0 spiro atoms. The van der Waals surface area contributed by atoms with Crippen LogP contribution in [0.1, 0.15) is 26.7 Å². The third-order valence-electron chi connectivity index (χ3n) is 3.06. The van der Waals surface area contributed by atoms with Crippen LogP contribution in [0.2, 0.25) is 0 Å². The van der Waals surface area contributed by atoms with E-state index in [0.29, 0.717) is 12.0 Å². The van der Waals surface area contributed by atoms with Gasteiger partial charge >= 0.3 is 0 Å². The van der Waals surface area contributed by atoms with Crippen molar-refractivity contribution in [2.75, 3.05) is 24.5 Å². The summed E-state index contributed by atoms with van der Waals surface area (Å²) in [5.74, 6) is 1.63. The molecule has 2 heterocycles. The van der Waals surface area contributed by atoms with Crippen LogP contribution in [0.4, 0.5) is 5.82 Å². The maximum atomic E-state index is 4.41. The minimum absolute atomic E-state index is 0.607. The van der Waals surface area contributed by atoms with Crippen LogP contribution in [0.5, 0.6) is 0 Å². The Hall–Kier alpha value is -1.16. The molecule has 17 heavy (non-hydrogen) atoms. The van der Waals surface area contributed by atoms with Crippen LogP contribution in [0.25, 0.3) is 0 Å². The first kappa shape index (κ1) is 12.3. The van der Waals surface area contributed by atoms with E-state index in [2.05, 4.69) is 34.0 Å². The number of hydrogen-bond acceptors (Lipinski definition) is 4. The third kappa shape index (κ3) is 3.66. The Labute approximate surface area is 103 Å². The van der Waals surface area contributed by atoms with E-state index < -0.39 is 0 Å². The molecule has 1 aliphatic heterocycles. The van der Waals surface area contributed by atoms with Crippen molar-refractivity contribution in [3.8, 4) is 0 Å². The summed E-state index contributed by atoms with van der Waals surface area (Å²) in [4.78, 5) is 10.9. The highest BCUT2D eigenvalue weighted by atomic mass is 15.2. The SMILES string of the molecule is CC(C)CN(CC1CCCN1)c1cnccn1. The minimum Gasteiger partial charge on any atom is -0.354 e. The number of rotatable bonds is 5. The topological polar surface area (TPSA) is 41.0 Å². The Balaban J connectivity index is 2.02. The molecular weight excluding hydrogens is 212 g/mol. The number of aromatic nitrogens is 2. The second-order valence-electron chi connectivity index (χ2n) is 5.16. The number of nitrogens with one attached hydrogen (secondary N) is 1. The lowest BCUT2D eigenvalue weighted by molar-refractivity contribution is 0.537. The highest BCUT2D eigenvalue weighted by molar-refractivity contribution is 5.35. The van der Waals surface area contributed by atoms with Gasteiger partial charge in [0.25, 0.3) is 0 Å². The Kier molecular flexibility index (Phi) is 4.31. The van der Waals surface area contributed by atoms with Gasteiger partial charge in [0.1, 0.15) is 5.82 Å². The molecule has 4 heteroatoms. The summed E-state index contributed by atoms with van der Waals surface area (Å²) in [6.07, 6.45) is 7.92. The van der Waals surface area contributed by atoms with Gasteiger partial charge in [-0.05, 0) is 25.3 Å². The third-order valence-corrected chi connectivity index (χ3v) is 3.06. The molecule has 0 amide bonds. The quantitative estimate of drug-likeness (QED) is 0.842. The van der Waals surface area contributed by atoms with Gasteiger partial charge in [-0.25, -0.2) is 4.98 Å². The van der Waals surface area contributed by atoms with Crippen LogP contribution < -0.4 is 10.2 Å². The average molecular weight is 234 g/mol. The van der Waals surface area contributed by atoms with Crippen LogP contribution in [0, 0.1) is 5.92 Å². The van der Waals surface area contributed by atoms with Gasteiger partial charge in [0.2, 0.25) is 0 Å². The van der Waals surface area contributed by atoms with Gasteiger partial charge in [0, 0.05) is 31.5 Å². The highest BCUT2D eigenvalue weighted by Crippen LogP contribution is 2.14. The molecule has 1 aromatic rings. The fourth-order valence-corrected chi connectivity index (χ4v) is 2.34. The van der Waals surface area contributed by atoms with Gasteiger partial charge in [-0.2, -0.15) is 0 Å². The van der Waals surface area contributed by atoms with E-state index in [1.807, 2.05) is 6.20 Å². The molecule has 94 valence electrons. The fraction of sp³-hybridized carbons (Fsp3) is 0.692. The summed E-state index contributed by atoms with van der Waals surface area (Å²) in [5, 5.41) is 3.54. The normalized spacial score (nSPS) is 19.8. The summed E-state index contributed by atoms with van der Waals surface area (Å²) >= 11 is 0. The van der Waals surface area contributed by atoms with Gasteiger partial charge in [0.15, 0.2) is 0 Å². The van der Waals surface area contributed by atoms with Gasteiger partial charge in [0.05, 0.1) is 6.20 Å². The summed E-state index contributed by atoms with van der Waals surface area (Å²) in [7, 11) is 0. The lowest BCUT2D eigenvalue weighted by Gasteiger charge is -2.28. The van der Waals surface area contributed by atoms with Gasteiger partial charge in [-0.1, -0.05) is 13.8 Å². The summed E-state index contributed by atoms with van der Waals surface area (Å²) in [6, 6.07) is 0.607. The molecular formula is C13H22N4. The van der Waals surface area contributed by atoms with Gasteiger partial charge < -0.3 is 10.2 Å². The zero-order chi connectivity index (χ0) is 12.1. The molecule has 1 N–H and O–H groups in total. The highest BCUT2D eigenvalue weighted by Gasteiger charge is 2.19. The Morgan fingerprint density at radius 2 is 2.35 bits per heavy atom. The first-order valence-electron chi connectivity index (χ1n) is 6.50. The van der Waals surface area contributed by atoms with E-state index in [0.717, 1.165) is 25.5 Å². The molecule has 1 fully saturated rings. The van der Waals surface area contributed by atoms with Crippen molar-refractivity contribution in [1.82, 2.24) is 15.3 Å². The van der Waals surface area contributed by atoms with Gasteiger partial charge in [-0.3, -0.25) is 4.98 Å². The maximum Gasteiger partial charge on any atom is 0.147 e. The van der Waals surface area contributed by atoms with E-state index in [-0.39, 0.29) is 0 Å². The Bertz CT molecular complexity index is 319. The number of anilines is 1. The maximum absolute atomic E-state index is 4.41. The zero-order valence-corrected chi connectivity index (χ0v) is 10.8. The molecule has 0 bridgehead atoms. The van der Waals surface area contributed by atoms with Crippen LogP contribution in [-0.2, 0) is 0 Å². The van der Waals surface area contributed by atoms with Crippen LogP contribution in [-0.4, -0.2) is 35.6 Å². The lowest BCUT2D eigenvalue weighted by atomic mass is 10.1. The van der Waals surface area contributed by atoms with Crippen LogP contribution >= 0.6 is 0 Å². The Morgan fingerprint density at radius 1 is 1.47 bits per heavy atom. The first-order chi connectivity index (χ1) is 8.25. The van der Waals surface area contributed by atoms with Crippen molar-refractivity contribution in [3.63, 3.8) is 0 Å². The van der Waals surface area contributed by atoms with Crippen molar-refractivity contribution >= 4 is 5.82 Å². The molecule has 1 saturated heterocycles. The van der Waals surface area contributed by atoms with E-state index in [1.54, 1.807) is 12.4 Å². The van der Waals surface area contributed by atoms with Gasteiger partial charge in [-0.15, -0.1) is 0 Å². The van der Waals surface area contributed by atoms with Crippen molar-refractivity contribution in [2.45, 2.75) is 32.7 Å². The Morgan fingerprint density at radius 3 is 2.94 bits per heavy atom. The number of nitrogens with zero attached hydrogens (tertiary/aromatic N) is 3. The number of hydrogen-bond donors (Lipinski definition) is 1. The average Bonchev–Trinajstić information content (AvgIpc) is 2.82. The molecule has 4 nitrogen and oxygen atoms in total. The largest absolute Gasteiger partial charge is 0.354 e. The zero-order valence-electron chi connectivity index (χ0n) is 10.8. The monoisotopic (exact) mass is 234 g/mol. The lowest BCUT2D eigenvalue weighted by Crippen LogP contribution is -2.39. The predicted molar refractivity (Wildman–Crippen MR) is 70.1 cm³/mol. The minimum atomic E-state index is 0.607.